The van der Waals surface area contributed by atoms with Crippen LogP contribution in [-0.4, -0.2) is 67.3 Å². The minimum Gasteiger partial charge on any atom is -0.396 e. The van der Waals surface area contributed by atoms with Crippen molar-refractivity contribution >= 4 is 24.0 Å². The number of hydrogen-bond acceptors (Lipinski definition) is 5. The van der Waals surface area contributed by atoms with Gasteiger partial charge in [-0.1, -0.05) is 13.8 Å². The second-order valence-corrected chi connectivity index (χ2v) is 7.26. The Labute approximate surface area is 161 Å². The van der Waals surface area contributed by atoms with E-state index in [1.807, 2.05) is 0 Å². The molecule has 0 spiro atoms. The number of carbonyl (C=O) groups excluding carboxylic acids is 4. The largest absolute Gasteiger partial charge is 0.396 e. The molecule has 0 heterocycles. The maximum Gasteiger partial charge on any atom is 0.246 e. The van der Waals surface area contributed by atoms with Crippen molar-refractivity contribution in [3.63, 3.8) is 0 Å². The molecule has 0 aromatic rings. The summed E-state index contributed by atoms with van der Waals surface area (Å²) in [6.45, 7) is 4.94. The van der Waals surface area contributed by atoms with E-state index in [1.54, 1.807) is 25.8 Å². The minimum atomic E-state index is -0.463. The molecule has 0 bridgehead atoms. The molecule has 0 rings (SSSR count). The Morgan fingerprint density at radius 3 is 2.33 bits per heavy atom. The molecule has 0 saturated carbocycles. The fraction of sp³-hybridized carbons (Fsp3) is 0.684. The van der Waals surface area contributed by atoms with E-state index in [1.165, 1.54) is 12.2 Å². The topological polar surface area (TPSA) is 116 Å². The molecule has 3 N–H and O–H groups in total. The first-order valence-electron chi connectivity index (χ1n) is 9.23. The number of rotatable bonds is 14. The number of aliphatic hydroxyl groups excluding tert-OH is 1. The van der Waals surface area contributed by atoms with Crippen molar-refractivity contribution in [2.24, 2.45) is 5.41 Å². The van der Waals surface area contributed by atoms with E-state index >= 15 is 0 Å². The molecular weight excluding hydrogens is 350 g/mol. The Balaban J connectivity index is 3.70. The predicted octanol–water partition coefficient (Wildman–Crippen LogP) is 0.401. The highest BCUT2D eigenvalue weighted by molar-refractivity contribution is 5.90. The fourth-order valence-corrected chi connectivity index (χ4v) is 2.19. The first-order valence-corrected chi connectivity index (χ1v) is 9.23. The summed E-state index contributed by atoms with van der Waals surface area (Å²) >= 11 is 0. The van der Waals surface area contributed by atoms with E-state index in [-0.39, 0.29) is 43.7 Å². The van der Waals surface area contributed by atoms with Crippen molar-refractivity contribution in [3.05, 3.63) is 12.2 Å². The lowest BCUT2D eigenvalue weighted by atomic mass is 9.90. The quantitative estimate of drug-likeness (QED) is 0.228. The molecule has 154 valence electrons. The van der Waals surface area contributed by atoms with Crippen LogP contribution in [-0.2, 0) is 19.2 Å². The number of nitrogens with one attached hydrogen (secondary N) is 2. The number of hydrogen-bond donors (Lipinski definition) is 3. The van der Waals surface area contributed by atoms with Crippen LogP contribution in [0.25, 0.3) is 0 Å². The highest BCUT2D eigenvalue weighted by Gasteiger charge is 2.20. The summed E-state index contributed by atoms with van der Waals surface area (Å²) in [6.07, 6.45) is 5.87. The van der Waals surface area contributed by atoms with Crippen LogP contribution >= 0.6 is 0 Å². The zero-order valence-electron chi connectivity index (χ0n) is 16.6. The van der Waals surface area contributed by atoms with Gasteiger partial charge >= 0.3 is 0 Å². The molecule has 0 radical (unpaired) electrons. The molecule has 8 nitrogen and oxygen atoms in total. The molecule has 0 unspecified atom stereocenters. The van der Waals surface area contributed by atoms with Crippen LogP contribution in [0, 0.1) is 5.41 Å². The zero-order valence-corrected chi connectivity index (χ0v) is 16.6. The number of aliphatic hydroxyl groups is 1. The molecule has 0 aromatic heterocycles. The van der Waals surface area contributed by atoms with E-state index in [0.717, 1.165) is 19.3 Å². The van der Waals surface area contributed by atoms with Crippen molar-refractivity contribution < 1.29 is 24.3 Å². The molecule has 0 fully saturated rings. The van der Waals surface area contributed by atoms with Gasteiger partial charge in [0.25, 0.3) is 0 Å². The van der Waals surface area contributed by atoms with E-state index in [2.05, 4.69) is 10.6 Å². The summed E-state index contributed by atoms with van der Waals surface area (Å²) < 4.78 is 0. The molecule has 0 aliphatic carbocycles. The van der Waals surface area contributed by atoms with Gasteiger partial charge in [0.2, 0.25) is 17.7 Å². The molecule has 0 atom stereocenters. The summed E-state index contributed by atoms with van der Waals surface area (Å²) in [6, 6.07) is 0. The van der Waals surface area contributed by atoms with Crippen molar-refractivity contribution in [2.45, 2.75) is 46.0 Å². The number of aldehydes is 1. The standard InChI is InChI=1S/C19H33N3O5/c1-19(2,15-24)14-17(26)21-11-9-16(25)20-10-5-4-6-12-22(3)18(27)8-7-13-23/h7-8,13,24H,4-6,9-12,14-15H2,1-3H3,(H,20,25)(H,21,26)/b8-7-. The van der Waals surface area contributed by atoms with Gasteiger partial charge in [-0.05, 0) is 30.8 Å². The van der Waals surface area contributed by atoms with Crippen LogP contribution < -0.4 is 10.6 Å². The van der Waals surface area contributed by atoms with Gasteiger partial charge < -0.3 is 20.6 Å². The van der Waals surface area contributed by atoms with Crippen LogP contribution in [0.4, 0.5) is 0 Å². The highest BCUT2D eigenvalue weighted by Crippen LogP contribution is 2.18. The lowest BCUT2D eigenvalue weighted by molar-refractivity contribution is -0.125. The summed E-state index contributed by atoms with van der Waals surface area (Å²) in [5.74, 6) is -0.508. The van der Waals surface area contributed by atoms with Gasteiger partial charge in [0.1, 0.15) is 6.29 Å². The maximum absolute atomic E-state index is 11.7. The molecular formula is C19H33N3O5. The molecule has 0 aromatic carbocycles. The second kappa shape index (κ2) is 13.9. The van der Waals surface area contributed by atoms with Crippen LogP contribution in [0.1, 0.15) is 46.0 Å². The van der Waals surface area contributed by atoms with Crippen LogP contribution in [0.3, 0.4) is 0 Å². The van der Waals surface area contributed by atoms with Gasteiger partial charge in [0.15, 0.2) is 0 Å². The number of carbonyl (C=O) groups is 4. The molecule has 0 aliphatic rings. The number of allylic oxidation sites excluding steroid dienone is 1. The lowest BCUT2D eigenvalue weighted by Crippen LogP contribution is -2.34. The molecule has 0 aliphatic heterocycles. The third-order valence-corrected chi connectivity index (χ3v) is 3.93. The third kappa shape index (κ3) is 13.6. The number of amides is 3. The van der Waals surface area contributed by atoms with E-state index < -0.39 is 5.41 Å². The average Bonchev–Trinajstić information content (AvgIpc) is 2.61. The van der Waals surface area contributed by atoms with Gasteiger partial charge in [-0.15, -0.1) is 0 Å². The van der Waals surface area contributed by atoms with Gasteiger partial charge in [0, 0.05) is 52.2 Å². The molecule has 0 saturated heterocycles. The van der Waals surface area contributed by atoms with E-state index in [9.17, 15) is 19.2 Å². The average molecular weight is 383 g/mol. The van der Waals surface area contributed by atoms with Crippen LogP contribution in [0.5, 0.6) is 0 Å². The zero-order chi connectivity index (χ0) is 20.7. The minimum absolute atomic E-state index is 0.0691. The monoisotopic (exact) mass is 383 g/mol. The summed E-state index contributed by atoms with van der Waals surface area (Å²) in [5, 5.41) is 14.6. The molecule has 27 heavy (non-hydrogen) atoms. The predicted molar refractivity (Wildman–Crippen MR) is 103 cm³/mol. The first kappa shape index (κ1) is 24.8. The summed E-state index contributed by atoms with van der Waals surface area (Å²) in [5.41, 5.74) is -0.463. The molecule has 3 amide bonds. The Kier molecular flexibility index (Phi) is 12.8. The van der Waals surface area contributed by atoms with Crippen molar-refractivity contribution in [1.29, 1.82) is 0 Å². The normalized spacial score (nSPS) is 11.3. The van der Waals surface area contributed by atoms with Crippen molar-refractivity contribution in [3.8, 4) is 0 Å². The third-order valence-electron chi connectivity index (χ3n) is 3.93. The van der Waals surface area contributed by atoms with Gasteiger partial charge in [-0.3, -0.25) is 19.2 Å². The number of unbranched alkanes of at least 4 members (excludes halogenated alkanes) is 2. The SMILES string of the molecule is CN(CCCCCNC(=O)CCNC(=O)CC(C)(C)CO)C(=O)/C=C\C=O. The Morgan fingerprint density at radius 2 is 1.70 bits per heavy atom. The number of likely N-dealkylation sites (N-methyl/N-ethyl adjacent to an activating group) is 1. The fourth-order valence-electron chi connectivity index (χ4n) is 2.19. The second-order valence-electron chi connectivity index (χ2n) is 7.26. The van der Waals surface area contributed by atoms with Crippen LogP contribution in [0.2, 0.25) is 0 Å². The highest BCUT2D eigenvalue weighted by atomic mass is 16.3. The lowest BCUT2D eigenvalue weighted by Gasteiger charge is -2.20. The Bertz CT molecular complexity index is 517. The Hall–Kier alpha value is -2.22. The van der Waals surface area contributed by atoms with Gasteiger partial charge in [0.05, 0.1) is 0 Å². The van der Waals surface area contributed by atoms with E-state index in [4.69, 9.17) is 5.11 Å². The number of nitrogens with zero attached hydrogens (tertiary/aromatic N) is 1. The first-order chi connectivity index (χ1) is 12.7. The van der Waals surface area contributed by atoms with Gasteiger partial charge in [-0.25, -0.2) is 0 Å². The maximum atomic E-state index is 11.7. The van der Waals surface area contributed by atoms with Crippen molar-refractivity contribution in [1.82, 2.24) is 15.5 Å². The summed E-state index contributed by atoms with van der Waals surface area (Å²) in [7, 11) is 1.68. The smallest absolute Gasteiger partial charge is 0.246 e. The molecule has 8 heteroatoms. The van der Waals surface area contributed by atoms with Gasteiger partial charge in [-0.2, -0.15) is 0 Å². The van der Waals surface area contributed by atoms with Crippen LogP contribution in [0.15, 0.2) is 12.2 Å². The summed E-state index contributed by atoms with van der Waals surface area (Å²) in [4.78, 5) is 46.6. The Morgan fingerprint density at radius 1 is 1.04 bits per heavy atom. The van der Waals surface area contributed by atoms with Crippen molar-refractivity contribution in [2.75, 3.05) is 33.3 Å². The van der Waals surface area contributed by atoms with E-state index in [0.29, 0.717) is 19.4 Å².